The van der Waals surface area contributed by atoms with Crippen LogP contribution in [0.1, 0.15) is 5.56 Å². The molecule has 0 aliphatic carbocycles. The molecular formula is C12H11ClN4. The number of nitrogen functional groups attached to an aromatic ring is 1. The number of hydrogen-bond donors (Lipinski definition) is 2. The molecule has 1 aliphatic heterocycles. The summed E-state index contributed by atoms with van der Waals surface area (Å²) in [5.41, 5.74) is 8.68. The predicted octanol–water partition coefficient (Wildman–Crippen LogP) is 2.35. The molecule has 0 amide bonds. The first kappa shape index (κ1) is 10.4. The van der Waals surface area contributed by atoms with E-state index in [-0.39, 0.29) is 5.95 Å². The van der Waals surface area contributed by atoms with E-state index >= 15 is 0 Å². The van der Waals surface area contributed by atoms with Crippen molar-refractivity contribution in [1.29, 1.82) is 0 Å². The lowest BCUT2D eigenvalue weighted by molar-refractivity contribution is 1.09. The molecule has 0 bridgehead atoms. The molecule has 86 valence electrons. The zero-order valence-corrected chi connectivity index (χ0v) is 9.83. The number of fused-ring (bicyclic) bond motifs is 1. The highest BCUT2D eigenvalue weighted by atomic mass is 35.5. The number of nitrogens with one attached hydrogen (secondary N) is 1. The SMILES string of the molecule is Nc1nc2c(c(-c3cccc(Cl)c3)n1)CCN2. The van der Waals surface area contributed by atoms with Crippen LogP contribution in [0.5, 0.6) is 0 Å². The van der Waals surface area contributed by atoms with Crippen molar-refractivity contribution < 1.29 is 0 Å². The maximum absolute atomic E-state index is 6.00. The lowest BCUT2D eigenvalue weighted by Gasteiger charge is -2.08. The monoisotopic (exact) mass is 246 g/mol. The Morgan fingerprint density at radius 1 is 1.29 bits per heavy atom. The van der Waals surface area contributed by atoms with Crippen molar-refractivity contribution in [1.82, 2.24) is 9.97 Å². The molecule has 0 saturated heterocycles. The van der Waals surface area contributed by atoms with E-state index in [2.05, 4.69) is 15.3 Å². The first-order valence-corrected chi connectivity index (χ1v) is 5.78. The van der Waals surface area contributed by atoms with Gasteiger partial charge in [0, 0.05) is 22.7 Å². The van der Waals surface area contributed by atoms with Crippen molar-refractivity contribution in [2.75, 3.05) is 17.6 Å². The van der Waals surface area contributed by atoms with Crippen molar-refractivity contribution >= 4 is 23.4 Å². The van der Waals surface area contributed by atoms with E-state index in [4.69, 9.17) is 17.3 Å². The van der Waals surface area contributed by atoms with Crippen molar-refractivity contribution in [3.05, 3.63) is 34.9 Å². The molecule has 1 aliphatic rings. The molecule has 0 fully saturated rings. The van der Waals surface area contributed by atoms with Crippen molar-refractivity contribution in [2.24, 2.45) is 0 Å². The van der Waals surface area contributed by atoms with Gasteiger partial charge < -0.3 is 11.1 Å². The molecule has 5 heteroatoms. The highest BCUT2D eigenvalue weighted by Gasteiger charge is 2.19. The molecule has 2 heterocycles. The fourth-order valence-corrected chi connectivity index (χ4v) is 2.25. The predicted molar refractivity (Wildman–Crippen MR) is 69.1 cm³/mol. The van der Waals surface area contributed by atoms with Crippen LogP contribution in [0.4, 0.5) is 11.8 Å². The Labute approximate surface area is 104 Å². The van der Waals surface area contributed by atoms with Gasteiger partial charge in [0.15, 0.2) is 0 Å². The zero-order chi connectivity index (χ0) is 11.8. The van der Waals surface area contributed by atoms with Gasteiger partial charge in [-0.3, -0.25) is 0 Å². The average molecular weight is 247 g/mol. The van der Waals surface area contributed by atoms with Gasteiger partial charge >= 0.3 is 0 Å². The Hall–Kier alpha value is -1.81. The van der Waals surface area contributed by atoms with E-state index < -0.39 is 0 Å². The molecule has 2 aromatic rings. The summed E-state index contributed by atoms with van der Waals surface area (Å²) >= 11 is 6.00. The molecule has 3 rings (SSSR count). The Balaban J connectivity index is 2.21. The van der Waals surface area contributed by atoms with Gasteiger partial charge in [-0.05, 0) is 18.6 Å². The van der Waals surface area contributed by atoms with E-state index in [9.17, 15) is 0 Å². The van der Waals surface area contributed by atoms with Crippen LogP contribution in [0.2, 0.25) is 5.02 Å². The first-order chi connectivity index (χ1) is 8.24. The quantitative estimate of drug-likeness (QED) is 0.811. The van der Waals surface area contributed by atoms with Gasteiger partial charge in [0.1, 0.15) is 5.82 Å². The van der Waals surface area contributed by atoms with E-state index in [1.807, 2.05) is 24.3 Å². The molecule has 0 spiro atoms. The summed E-state index contributed by atoms with van der Waals surface area (Å²) in [6.45, 7) is 0.876. The fraction of sp³-hybridized carbons (Fsp3) is 0.167. The van der Waals surface area contributed by atoms with Crippen LogP contribution in [0, 0.1) is 0 Å². The number of nitrogens with zero attached hydrogens (tertiary/aromatic N) is 2. The topological polar surface area (TPSA) is 63.8 Å². The molecule has 0 unspecified atom stereocenters. The highest BCUT2D eigenvalue weighted by molar-refractivity contribution is 6.30. The third kappa shape index (κ3) is 1.80. The standard InChI is InChI=1S/C12H11ClN4/c13-8-3-1-2-7(6-8)10-9-4-5-15-11(9)17-12(14)16-10/h1-3,6H,4-5H2,(H3,14,15,16,17). The van der Waals surface area contributed by atoms with Gasteiger partial charge in [0.2, 0.25) is 5.95 Å². The number of anilines is 2. The molecular weight excluding hydrogens is 236 g/mol. The Bertz CT molecular complexity index is 583. The van der Waals surface area contributed by atoms with Crippen LogP contribution in [-0.2, 0) is 6.42 Å². The number of aromatic nitrogens is 2. The highest BCUT2D eigenvalue weighted by Crippen LogP contribution is 2.31. The van der Waals surface area contributed by atoms with Crippen molar-refractivity contribution in [3.8, 4) is 11.3 Å². The van der Waals surface area contributed by atoms with E-state index in [0.29, 0.717) is 5.02 Å². The van der Waals surface area contributed by atoms with Crippen molar-refractivity contribution in [3.63, 3.8) is 0 Å². The normalized spacial score (nSPS) is 13.2. The fourth-order valence-electron chi connectivity index (χ4n) is 2.06. The van der Waals surface area contributed by atoms with Gasteiger partial charge in [-0.2, -0.15) is 4.98 Å². The van der Waals surface area contributed by atoms with Crippen LogP contribution in [0.15, 0.2) is 24.3 Å². The summed E-state index contributed by atoms with van der Waals surface area (Å²) in [6, 6.07) is 7.62. The van der Waals surface area contributed by atoms with E-state index in [1.165, 1.54) is 0 Å². The minimum Gasteiger partial charge on any atom is -0.369 e. The maximum atomic E-state index is 6.00. The number of benzene rings is 1. The number of nitrogens with two attached hydrogens (primary N) is 1. The Morgan fingerprint density at radius 3 is 3.00 bits per heavy atom. The maximum Gasteiger partial charge on any atom is 0.222 e. The van der Waals surface area contributed by atoms with Crippen LogP contribution >= 0.6 is 11.6 Å². The third-order valence-electron chi connectivity index (χ3n) is 2.79. The molecule has 0 atom stereocenters. The molecule has 3 N–H and O–H groups in total. The Kier molecular flexibility index (Phi) is 2.37. The van der Waals surface area contributed by atoms with E-state index in [0.717, 1.165) is 35.6 Å². The Morgan fingerprint density at radius 2 is 2.18 bits per heavy atom. The largest absolute Gasteiger partial charge is 0.369 e. The summed E-state index contributed by atoms with van der Waals surface area (Å²) in [5.74, 6) is 1.13. The average Bonchev–Trinajstić information content (AvgIpc) is 2.75. The second-order valence-corrected chi connectivity index (χ2v) is 4.38. The van der Waals surface area contributed by atoms with Gasteiger partial charge in [0.25, 0.3) is 0 Å². The van der Waals surface area contributed by atoms with Crippen LogP contribution in [-0.4, -0.2) is 16.5 Å². The molecule has 0 radical (unpaired) electrons. The number of halogens is 1. The van der Waals surface area contributed by atoms with Crippen LogP contribution in [0.3, 0.4) is 0 Å². The lowest BCUT2D eigenvalue weighted by Crippen LogP contribution is -2.01. The lowest BCUT2D eigenvalue weighted by atomic mass is 10.1. The second-order valence-electron chi connectivity index (χ2n) is 3.94. The molecule has 1 aromatic carbocycles. The summed E-state index contributed by atoms with van der Waals surface area (Å²) in [6.07, 6.45) is 0.914. The van der Waals surface area contributed by atoms with Gasteiger partial charge in [-0.1, -0.05) is 23.7 Å². The minimum atomic E-state index is 0.285. The zero-order valence-electron chi connectivity index (χ0n) is 9.07. The molecule has 17 heavy (non-hydrogen) atoms. The van der Waals surface area contributed by atoms with Crippen LogP contribution < -0.4 is 11.1 Å². The smallest absolute Gasteiger partial charge is 0.222 e. The summed E-state index contributed by atoms with van der Waals surface area (Å²) in [7, 11) is 0. The molecule has 0 saturated carbocycles. The summed E-state index contributed by atoms with van der Waals surface area (Å²) < 4.78 is 0. The van der Waals surface area contributed by atoms with Crippen LogP contribution in [0.25, 0.3) is 11.3 Å². The minimum absolute atomic E-state index is 0.285. The van der Waals surface area contributed by atoms with Gasteiger partial charge in [-0.25, -0.2) is 4.98 Å². The summed E-state index contributed by atoms with van der Waals surface area (Å²) in [5, 5.41) is 3.90. The second kappa shape index (κ2) is 3.89. The number of hydrogen-bond acceptors (Lipinski definition) is 4. The molecule has 4 nitrogen and oxygen atoms in total. The number of rotatable bonds is 1. The summed E-state index contributed by atoms with van der Waals surface area (Å²) in [4.78, 5) is 8.51. The van der Waals surface area contributed by atoms with Gasteiger partial charge in [0.05, 0.1) is 5.69 Å². The third-order valence-corrected chi connectivity index (χ3v) is 3.02. The first-order valence-electron chi connectivity index (χ1n) is 5.40. The van der Waals surface area contributed by atoms with Gasteiger partial charge in [-0.15, -0.1) is 0 Å². The van der Waals surface area contributed by atoms with Crippen molar-refractivity contribution in [2.45, 2.75) is 6.42 Å². The van der Waals surface area contributed by atoms with E-state index in [1.54, 1.807) is 0 Å². The molecule has 1 aromatic heterocycles.